The summed E-state index contributed by atoms with van der Waals surface area (Å²) in [4.78, 5) is 43.6. The van der Waals surface area contributed by atoms with Crippen molar-refractivity contribution in [2.24, 2.45) is 0 Å². The topological polar surface area (TPSA) is 115 Å². The van der Waals surface area contributed by atoms with Gasteiger partial charge in [0.2, 0.25) is 5.91 Å². The molecule has 1 aliphatic rings. The van der Waals surface area contributed by atoms with Crippen molar-refractivity contribution in [2.75, 3.05) is 12.3 Å². The monoisotopic (exact) mass is 588 g/mol. The Morgan fingerprint density at radius 1 is 1.20 bits per heavy atom. The van der Waals surface area contributed by atoms with Crippen molar-refractivity contribution in [3.8, 4) is 0 Å². The van der Waals surface area contributed by atoms with Gasteiger partial charge < -0.3 is 15.8 Å². The number of carbonyl (C=O) groups is 3. The third kappa shape index (κ3) is 6.96. The Morgan fingerprint density at radius 2 is 1.93 bits per heavy atom. The van der Waals surface area contributed by atoms with Gasteiger partial charge in [-0.25, -0.2) is 19.1 Å². The zero-order valence-corrected chi connectivity index (χ0v) is 23.7. The standard InChI is InChI=1S/C29H30ClFN4O4.ClH/c1-3-23(21-10-11-22(30)26(27(21)31)28(37)19-9-12-24(32)33-15-19)34-17(2)13-25(36)35-20(16-39-29(35)38)14-18-7-5-4-6-8-18;/h4-12,15,17,20,23,34H,3,13-14,16H2,1-2H3,(H2,32,33);1H/t17-,20+,23+;/m0./s1. The lowest BCUT2D eigenvalue weighted by atomic mass is 9.96. The number of nitrogens with one attached hydrogen (secondary N) is 1. The summed E-state index contributed by atoms with van der Waals surface area (Å²) in [6, 6.07) is 14.2. The molecule has 0 bridgehead atoms. The lowest BCUT2D eigenvalue weighted by molar-refractivity contribution is -0.129. The Balaban J connectivity index is 0.00000441. The number of imide groups is 1. The van der Waals surface area contributed by atoms with E-state index >= 15 is 4.39 Å². The highest BCUT2D eigenvalue weighted by Gasteiger charge is 2.38. The summed E-state index contributed by atoms with van der Waals surface area (Å²) >= 11 is 6.24. The van der Waals surface area contributed by atoms with E-state index in [-0.39, 0.29) is 58.9 Å². The number of pyridine rings is 1. The molecule has 8 nitrogen and oxygen atoms in total. The lowest BCUT2D eigenvalue weighted by Crippen LogP contribution is -2.43. The van der Waals surface area contributed by atoms with Gasteiger partial charge in [0.25, 0.3) is 0 Å². The minimum atomic E-state index is -0.742. The number of nitrogen functional groups attached to an aromatic ring is 1. The van der Waals surface area contributed by atoms with Gasteiger partial charge in [-0.15, -0.1) is 12.4 Å². The summed E-state index contributed by atoms with van der Waals surface area (Å²) in [6.45, 7) is 3.78. The lowest BCUT2D eigenvalue weighted by Gasteiger charge is -2.26. The molecule has 0 radical (unpaired) electrons. The summed E-state index contributed by atoms with van der Waals surface area (Å²) in [5.41, 5.74) is 6.74. The number of hydrogen-bond acceptors (Lipinski definition) is 7. The number of nitrogens with two attached hydrogens (primary N) is 1. The molecule has 1 aromatic heterocycles. The van der Waals surface area contributed by atoms with Crippen molar-refractivity contribution >= 4 is 47.6 Å². The van der Waals surface area contributed by atoms with E-state index in [2.05, 4.69) is 10.3 Å². The first-order valence-electron chi connectivity index (χ1n) is 12.7. The molecule has 2 heterocycles. The Hall–Kier alpha value is -3.53. The quantitative estimate of drug-likeness (QED) is 0.300. The van der Waals surface area contributed by atoms with Gasteiger partial charge in [0.1, 0.15) is 18.2 Å². The van der Waals surface area contributed by atoms with Crippen molar-refractivity contribution in [2.45, 2.75) is 51.2 Å². The fourth-order valence-electron chi connectivity index (χ4n) is 4.72. The van der Waals surface area contributed by atoms with Gasteiger partial charge >= 0.3 is 6.09 Å². The van der Waals surface area contributed by atoms with E-state index in [0.29, 0.717) is 12.8 Å². The molecular weight excluding hydrogens is 558 g/mol. The minimum absolute atomic E-state index is 0. The third-order valence-corrected chi connectivity index (χ3v) is 7.01. The molecule has 1 saturated heterocycles. The first kappa shape index (κ1) is 31.0. The number of ether oxygens (including phenoxy) is 1. The second-order valence-electron chi connectivity index (χ2n) is 9.54. The number of carbonyl (C=O) groups excluding carboxylic acids is 3. The third-order valence-electron chi connectivity index (χ3n) is 6.69. The van der Waals surface area contributed by atoms with Gasteiger partial charge in [0, 0.05) is 35.8 Å². The highest BCUT2D eigenvalue weighted by molar-refractivity contribution is 6.35. The van der Waals surface area contributed by atoms with Crippen molar-refractivity contribution in [1.29, 1.82) is 0 Å². The van der Waals surface area contributed by atoms with Crippen LogP contribution in [0.2, 0.25) is 5.02 Å². The van der Waals surface area contributed by atoms with Crippen LogP contribution >= 0.6 is 24.0 Å². The summed E-state index contributed by atoms with van der Waals surface area (Å²) in [7, 11) is 0. The fourth-order valence-corrected chi connectivity index (χ4v) is 4.95. The molecule has 4 rings (SSSR count). The number of rotatable bonds is 10. The molecule has 3 atom stereocenters. The van der Waals surface area contributed by atoms with Crippen LogP contribution in [0.25, 0.3) is 0 Å². The number of halogens is 3. The summed E-state index contributed by atoms with van der Waals surface area (Å²) in [5, 5.41) is 3.25. The van der Waals surface area contributed by atoms with Gasteiger partial charge in [-0.3, -0.25) is 9.59 Å². The zero-order chi connectivity index (χ0) is 28.1. The molecule has 212 valence electrons. The van der Waals surface area contributed by atoms with Crippen molar-refractivity contribution in [3.05, 3.63) is 93.9 Å². The summed E-state index contributed by atoms with van der Waals surface area (Å²) < 4.78 is 20.9. The SMILES string of the molecule is CC[C@@H](N[C@@H](C)CC(=O)N1C(=O)OC[C@H]1Cc1ccccc1)c1ccc(Cl)c(C(=O)c2ccc(N)nc2)c1F.Cl. The average molecular weight is 589 g/mol. The number of nitrogens with zero attached hydrogens (tertiary/aromatic N) is 2. The number of amides is 2. The molecule has 1 fully saturated rings. The summed E-state index contributed by atoms with van der Waals surface area (Å²) in [6.07, 6.45) is 1.57. The number of benzene rings is 2. The average Bonchev–Trinajstić information content (AvgIpc) is 3.28. The van der Waals surface area contributed by atoms with E-state index in [0.717, 1.165) is 5.56 Å². The second kappa shape index (κ2) is 13.7. The van der Waals surface area contributed by atoms with Crippen LogP contribution in [-0.2, 0) is 16.0 Å². The van der Waals surface area contributed by atoms with E-state index in [9.17, 15) is 14.4 Å². The molecule has 2 aromatic carbocycles. The highest BCUT2D eigenvalue weighted by Crippen LogP contribution is 2.30. The summed E-state index contributed by atoms with van der Waals surface area (Å²) in [5.74, 6) is -1.49. The number of cyclic esters (lactones) is 1. The van der Waals surface area contributed by atoms with Gasteiger partial charge in [0.05, 0.1) is 16.6 Å². The first-order chi connectivity index (χ1) is 18.7. The number of aromatic nitrogens is 1. The predicted octanol–water partition coefficient (Wildman–Crippen LogP) is 5.52. The fraction of sp³-hybridized carbons (Fsp3) is 0.310. The van der Waals surface area contributed by atoms with E-state index in [1.165, 1.54) is 35.4 Å². The molecule has 3 aromatic rings. The molecule has 0 unspecified atom stereocenters. The molecule has 0 saturated carbocycles. The van der Waals surface area contributed by atoms with Crippen molar-refractivity contribution in [1.82, 2.24) is 15.2 Å². The van der Waals surface area contributed by atoms with E-state index in [4.69, 9.17) is 22.1 Å². The molecule has 3 N–H and O–H groups in total. The smallest absolute Gasteiger partial charge is 0.416 e. The molecule has 1 aliphatic heterocycles. The van der Waals surface area contributed by atoms with Crippen LogP contribution < -0.4 is 11.1 Å². The molecule has 0 aliphatic carbocycles. The van der Waals surface area contributed by atoms with Crippen LogP contribution in [0.4, 0.5) is 15.0 Å². The number of ketones is 1. The van der Waals surface area contributed by atoms with Crippen LogP contribution in [0.3, 0.4) is 0 Å². The maximum Gasteiger partial charge on any atom is 0.416 e. The van der Waals surface area contributed by atoms with Crippen molar-refractivity contribution < 1.29 is 23.5 Å². The van der Waals surface area contributed by atoms with Crippen LogP contribution in [0.5, 0.6) is 0 Å². The number of hydrogen-bond donors (Lipinski definition) is 2. The predicted molar refractivity (Wildman–Crippen MR) is 153 cm³/mol. The Bertz CT molecular complexity index is 1360. The van der Waals surface area contributed by atoms with Gasteiger partial charge in [-0.1, -0.05) is 54.9 Å². The minimum Gasteiger partial charge on any atom is -0.447 e. The molecule has 2 amide bonds. The van der Waals surface area contributed by atoms with Crippen LogP contribution in [0, 0.1) is 5.82 Å². The maximum atomic E-state index is 15.7. The Labute approximate surface area is 243 Å². The normalized spacial score (nSPS) is 16.1. The van der Waals surface area contributed by atoms with E-state index < -0.39 is 35.8 Å². The molecular formula is C29H31Cl2FN4O4. The van der Waals surface area contributed by atoms with Gasteiger partial charge in [0.15, 0.2) is 5.78 Å². The largest absolute Gasteiger partial charge is 0.447 e. The van der Waals surface area contributed by atoms with Crippen LogP contribution in [0.1, 0.15) is 59.8 Å². The first-order valence-corrected chi connectivity index (χ1v) is 13.1. The van der Waals surface area contributed by atoms with Crippen LogP contribution in [-0.4, -0.2) is 46.4 Å². The Kier molecular flexibility index (Phi) is 10.6. The molecule has 11 heteroatoms. The van der Waals surface area contributed by atoms with Crippen molar-refractivity contribution in [3.63, 3.8) is 0 Å². The molecule has 40 heavy (non-hydrogen) atoms. The van der Waals surface area contributed by atoms with Gasteiger partial charge in [-0.2, -0.15) is 0 Å². The Morgan fingerprint density at radius 3 is 2.58 bits per heavy atom. The number of anilines is 1. The maximum absolute atomic E-state index is 15.7. The van der Waals surface area contributed by atoms with Crippen LogP contribution in [0.15, 0.2) is 60.8 Å². The molecule has 0 spiro atoms. The highest BCUT2D eigenvalue weighted by atomic mass is 35.5. The second-order valence-corrected chi connectivity index (χ2v) is 9.95. The van der Waals surface area contributed by atoms with E-state index in [1.54, 1.807) is 6.92 Å². The van der Waals surface area contributed by atoms with Gasteiger partial charge in [-0.05, 0) is 43.5 Å². The zero-order valence-electron chi connectivity index (χ0n) is 22.1. The van der Waals surface area contributed by atoms with E-state index in [1.807, 2.05) is 37.3 Å².